The van der Waals surface area contributed by atoms with Crippen LogP contribution in [0.1, 0.15) is 0 Å². The SMILES string of the molecule is c1ccc(-c2cc(-c3ccccc3-c3ccccc3)nc(-c3ccc(-n4c5ccccc5c5c6c7ccccc7n(-c7ccccc7)c6ccc54)cc3)n2)cc1.c1ccc(-c2ccc(-c3cc(-c4ccc(-n5c6ccccc6c6c7c8ccccc8n(-c8ccccc8)c7ccc65)cc4)nc(-c4ccc5ccccc5c4)n3)cc2)cc1. The lowest BCUT2D eigenvalue weighted by Gasteiger charge is -2.13. The van der Waals surface area contributed by atoms with Crippen LogP contribution in [0.25, 0.3) is 211 Å². The van der Waals surface area contributed by atoms with Crippen LogP contribution in [0.5, 0.6) is 0 Å². The second-order valence-corrected chi connectivity index (χ2v) is 29.6. The molecule has 0 spiro atoms. The van der Waals surface area contributed by atoms with Crippen molar-refractivity contribution in [3.63, 3.8) is 0 Å². The molecule has 0 saturated carbocycles. The first kappa shape index (κ1) is 67.3. The number of para-hydroxylation sites is 6. The summed E-state index contributed by atoms with van der Waals surface area (Å²) in [6, 6.07) is 151. The highest BCUT2D eigenvalue weighted by Crippen LogP contribution is 2.46. The topological polar surface area (TPSA) is 71.3 Å². The van der Waals surface area contributed by atoms with E-state index in [1.165, 1.54) is 104 Å². The van der Waals surface area contributed by atoms with Gasteiger partial charge in [0.1, 0.15) is 0 Å². The van der Waals surface area contributed by atoms with E-state index in [-0.39, 0.29) is 0 Å². The van der Waals surface area contributed by atoms with Crippen LogP contribution in [-0.2, 0) is 0 Å². The van der Waals surface area contributed by atoms with Crippen molar-refractivity contribution in [3.8, 4) is 113 Å². The van der Waals surface area contributed by atoms with Gasteiger partial charge in [-0.1, -0.05) is 297 Å². The van der Waals surface area contributed by atoms with Crippen molar-refractivity contribution in [2.75, 3.05) is 0 Å². The van der Waals surface area contributed by atoms with Crippen LogP contribution in [0, 0.1) is 0 Å². The Kier molecular flexibility index (Phi) is 16.4. The molecular formula is C108H70N8. The molecular weight excluding hydrogens is 1410 g/mol. The molecule has 0 bridgehead atoms. The summed E-state index contributed by atoms with van der Waals surface area (Å²) in [6.45, 7) is 0. The fourth-order valence-corrected chi connectivity index (χ4v) is 17.6. The quantitative estimate of drug-likeness (QED) is 0.122. The number of rotatable bonds is 12. The molecule has 8 heteroatoms. The Morgan fingerprint density at radius 3 is 0.888 bits per heavy atom. The Bertz CT molecular complexity index is 7700. The number of nitrogens with zero attached hydrogens (tertiary/aromatic N) is 8. The largest absolute Gasteiger partial charge is 0.309 e. The van der Waals surface area contributed by atoms with Crippen molar-refractivity contribution in [1.82, 2.24) is 38.2 Å². The molecule has 6 heterocycles. The van der Waals surface area contributed by atoms with Crippen molar-refractivity contribution in [2.24, 2.45) is 0 Å². The van der Waals surface area contributed by atoms with Crippen molar-refractivity contribution in [1.29, 1.82) is 0 Å². The van der Waals surface area contributed by atoms with Gasteiger partial charge in [0.25, 0.3) is 0 Å². The molecule has 542 valence electrons. The molecule has 0 saturated heterocycles. The summed E-state index contributed by atoms with van der Waals surface area (Å²) >= 11 is 0. The van der Waals surface area contributed by atoms with Crippen LogP contribution in [0.4, 0.5) is 0 Å². The molecule has 0 amide bonds. The highest BCUT2D eigenvalue weighted by molar-refractivity contribution is 6.30. The zero-order chi connectivity index (χ0) is 76.6. The van der Waals surface area contributed by atoms with Crippen LogP contribution in [0.15, 0.2) is 425 Å². The van der Waals surface area contributed by atoms with Crippen LogP contribution in [0.3, 0.4) is 0 Å². The zero-order valence-electron chi connectivity index (χ0n) is 63.0. The third kappa shape index (κ3) is 11.6. The third-order valence-corrected chi connectivity index (χ3v) is 22.9. The van der Waals surface area contributed by atoms with E-state index in [4.69, 9.17) is 19.9 Å². The minimum atomic E-state index is 0.688. The lowest BCUT2D eigenvalue weighted by Crippen LogP contribution is -1.98. The van der Waals surface area contributed by atoms with Crippen LogP contribution in [-0.4, -0.2) is 38.2 Å². The minimum Gasteiger partial charge on any atom is -0.309 e. The highest BCUT2D eigenvalue weighted by Gasteiger charge is 2.25. The maximum absolute atomic E-state index is 5.25. The maximum Gasteiger partial charge on any atom is 0.160 e. The Hall–Kier alpha value is -15.6. The normalized spacial score (nSPS) is 11.6. The Labute approximate surface area is 669 Å². The average Bonchev–Trinajstić information content (AvgIpc) is 1.55. The number of hydrogen-bond donors (Lipinski definition) is 0. The summed E-state index contributed by atoms with van der Waals surface area (Å²) in [5.41, 5.74) is 28.3. The van der Waals surface area contributed by atoms with Crippen molar-refractivity contribution >= 4 is 98.0 Å². The summed E-state index contributed by atoms with van der Waals surface area (Å²) < 4.78 is 9.58. The van der Waals surface area contributed by atoms with Gasteiger partial charge in [0.05, 0.1) is 66.9 Å². The van der Waals surface area contributed by atoms with Gasteiger partial charge >= 0.3 is 0 Å². The Morgan fingerprint density at radius 2 is 0.440 bits per heavy atom. The molecule has 0 atom stereocenters. The highest BCUT2D eigenvalue weighted by atomic mass is 15.0. The van der Waals surface area contributed by atoms with Gasteiger partial charge in [0.15, 0.2) is 11.6 Å². The minimum absolute atomic E-state index is 0.688. The molecule has 0 aliphatic heterocycles. The molecule has 23 aromatic rings. The standard InChI is InChI=1S/C56H36N4.C52H34N4/c1-3-13-37(14-4-1)39-23-26-40(27-24-39)48-36-49(58-56(57-48)43-28-25-38-15-7-8-16-42(38)35-43)41-29-31-45(32-30-41)60-51-22-12-10-20-47(51)55-53(60)34-33-52-54(55)46-19-9-11-21-50(46)59(52)44-17-5-2-6-18-44;1-4-16-35(17-5-1)40-22-10-11-23-41(40)45-34-44(36-18-6-2-7-19-36)53-52(54-45)37-28-30-39(31-29-37)56-47-27-15-13-25-43(47)51-49(56)33-32-48-50(51)42-24-12-14-26-46(42)55(48)38-20-8-3-9-21-38/h1-36H;1-34H. The molecule has 0 aliphatic carbocycles. The lowest BCUT2D eigenvalue weighted by molar-refractivity contribution is 1.16. The number of aromatic nitrogens is 8. The maximum atomic E-state index is 5.25. The fraction of sp³-hybridized carbons (Fsp3) is 0. The first-order valence-corrected chi connectivity index (χ1v) is 39.4. The van der Waals surface area contributed by atoms with Crippen LogP contribution in [0.2, 0.25) is 0 Å². The Balaban J connectivity index is 0.000000141. The van der Waals surface area contributed by atoms with Crippen LogP contribution >= 0.6 is 0 Å². The summed E-state index contributed by atoms with van der Waals surface area (Å²) in [6.07, 6.45) is 0. The molecule has 0 N–H and O–H groups in total. The van der Waals surface area contributed by atoms with E-state index in [1.807, 2.05) is 12.1 Å². The van der Waals surface area contributed by atoms with E-state index >= 15 is 0 Å². The zero-order valence-corrected chi connectivity index (χ0v) is 63.0. The smallest absolute Gasteiger partial charge is 0.160 e. The van der Waals surface area contributed by atoms with Gasteiger partial charge in [-0.25, -0.2) is 19.9 Å². The number of benzene rings is 17. The first-order chi connectivity index (χ1) is 57.5. The van der Waals surface area contributed by atoms with Gasteiger partial charge in [0.2, 0.25) is 0 Å². The lowest BCUT2D eigenvalue weighted by atomic mass is 9.96. The summed E-state index contributed by atoms with van der Waals surface area (Å²) in [5, 5.41) is 12.4. The molecule has 0 unspecified atom stereocenters. The van der Waals surface area contributed by atoms with E-state index in [2.05, 4.69) is 431 Å². The first-order valence-electron chi connectivity index (χ1n) is 39.4. The second kappa shape index (κ2) is 28.3. The third-order valence-electron chi connectivity index (χ3n) is 22.9. The molecule has 8 nitrogen and oxygen atoms in total. The average molecular weight is 1480 g/mol. The number of hydrogen-bond acceptors (Lipinski definition) is 4. The fourth-order valence-electron chi connectivity index (χ4n) is 17.6. The van der Waals surface area contributed by atoms with Crippen molar-refractivity contribution < 1.29 is 0 Å². The Morgan fingerprint density at radius 1 is 0.155 bits per heavy atom. The monoisotopic (exact) mass is 1480 g/mol. The van der Waals surface area contributed by atoms with Gasteiger partial charge in [-0.3, -0.25) is 0 Å². The molecule has 0 radical (unpaired) electrons. The van der Waals surface area contributed by atoms with E-state index in [1.54, 1.807) is 0 Å². The van der Waals surface area contributed by atoms with Gasteiger partial charge in [-0.15, -0.1) is 0 Å². The predicted molar refractivity (Wildman–Crippen MR) is 482 cm³/mol. The number of fused-ring (bicyclic) bond motifs is 15. The van der Waals surface area contributed by atoms with E-state index in [0.717, 1.165) is 95.4 Å². The van der Waals surface area contributed by atoms with Gasteiger partial charge in [0, 0.05) is 99.2 Å². The van der Waals surface area contributed by atoms with E-state index in [0.29, 0.717) is 11.6 Å². The van der Waals surface area contributed by atoms with Gasteiger partial charge in [-0.05, 0) is 160 Å². The van der Waals surface area contributed by atoms with Gasteiger partial charge < -0.3 is 18.3 Å². The molecule has 23 rings (SSSR count). The second-order valence-electron chi connectivity index (χ2n) is 29.6. The summed E-state index contributed by atoms with van der Waals surface area (Å²) in [5.74, 6) is 1.39. The van der Waals surface area contributed by atoms with E-state index in [9.17, 15) is 0 Å². The summed E-state index contributed by atoms with van der Waals surface area (Å²) in [7, 11) is 0. The van der Waals surface area contributed by atoms with Crippen LogP contribution < -0.4 is 0 Å². The molecule has 0 aliphatic rings. The van der Waals surface area contributed by atoms with E-state index < -0.39 is 0 Å². The van der Waals surface area contributed by atoms with Crippen molar-refractivity contribution in [3.05, 3.63) is 425 Å². The summed E-state index contributed by atoms with van der Waals surface area (Å²) in [4.78, 5) is 20.8. The molecule has 0 fully saturated rings. The predicted octanol–water partition coefficient (Wildman–Crippen LogP) is 27.8. The molecule has 6 aromatic heterocycles. The van der Waals surface area contributed by atoms with Gasteiger partial charge in [-0.2, -0.15) is 0 Å². The molecule has 17 aromatic carbocycles. The van der Waals surface area contributed by atoms with Crippen molar-refractivity contribution in [2.45, 2.75) is 0 Å². The molecule has 116 heavy (non-hydrogen) atoms.